The molecule has 0 amide bonds. The highest BCUT2D eigenvalue weighted by atomic mass is 16.5. The molecule has 4 nitrogen and oxygen atoms in total. The van der Waals surface area contributed by atoms with E-state index in [0.717, 1.165) is 57.2 Å². The van der Waals surface area contributed by atoms with E-state index < -0.39 is 0 Å². The van der Waals surface area contributed by atoms with Crippen molar-refractivity contribution in [2.75, 3.05) is 56.6 Å². The summed E-state index contributed by atoms with van der Waals surface area (Å²) in [6, 6.07) is 18.8. The lowest BCUT2D eigenvalue weighted by atomic mass is 10.2. The molecule has 1 fully saturated rings. The molecule has 24 heavy (non-hydrogen) atoms. The molecule has 4 heteroatoms. The van der Waals surface area contributed by atoms with E-state index in [1.54, 1.807) is 0 Å². The van der Waals surface area contributed by atoms with Gasteiger partial charge in [-0.05, 0) is 42.8 Å². The molecule has 0 saturated carbocycles. The van der Waals surface area contributed by atoms with Crippen molar-refractivity contribution in [3.05, 3.63) is 54.6 Å². The van der Waals surface area contributed by atoms with Crippen molar-refractivity contribution in [1.82, 2.24) is 4.90 Å². The van der Waals surface area contributed by atoms with Gasteiger partial charge in [-0.25, -0.2) is 0 Å². The molecule has 0 bridgehead atoms. The van der Waals surface area contributed by atoms with E-state index in [9.17, 15) is 0 Å². The number of rotatable bonds is 7. The smallest absolute Gasteiger partial charge is 0.119 e. The first-order valence-corrected chi connectivity index (χ1v) is 8.78. The van der Waals surface area contributed by atoms with E-state index >= 15 is 0 Å². The average Bonchev–Trinajstić information content (AvgIpc) is 2.67. The van der Waals surface area contributed by atoms with E-state index in [1.807, 2.05) is 31.3 Å². The van der Waals surface area contributed by atoms with Crippen LogP contribution in [0, 0.1) is 0 Å². The minimum Gasteiger partial charge on any atom is -0.494 e. The van der Waals surface area contributed by atoms with Gasteiger partial charge < -0.3 is 15.0 Å². The molecule has 0 unspecified atom stereocenters. The largest absolute Gasteiger partial charge is 0.494 e. The first-order valence-electron chi connectivity index (χ1n) is 8.78. The van der Waals surface area contributed by atoms with Crippen LogP contribution in [0.3, 0.4) is 0 Å². The SMILES string of the molecule is CNc1ccc(OCCCN2CCN(c3ccccc3)CC2)cc1. The molecule has 0 aromatic heterocycles. The number of hydrogen-bond acceptors (Lipinski definition) is 4. The van der Waals surface area contributed by atoms with E-state index in [2.05, 4.69) is 45.4 Å². The van der Waals surface area contributed by atoms with Gasteiger partial charge in [-0.2, -0.15) is 0 Å². The minimum atomic E-state index is 0.776. The Bertz CT molecular complexity index is 592. The zero-order valence-electron chi connectivity index (χ0n) is 14.4. The van der Waals surface area contributed by atoms with E-state index in [1.165, 1.54) is 5.69 Å². The topological polar surface area (TPSA) is 27.7 Å². The van der Waals surface area contributed by atoms with Crippen LogP contribution in [-0.4, -0.2) is 51.3 Å². The van der Waals surface area contributed by atoms with Crippen molar-refractivity contribution in [3.8, 4) is 5.75 Å². The highest BCUT2D eigenvalue weighted by molar-refractivity contribution is 5.46. The third-order valence-electron chi connectivity index (χ3n) is 4.52. The Morgan fingerprint density at radius 3 is 2.29 bits per heavy atom. The van der Waals surface area contributed by atoms with Crippen molar-refractivity contribution in [2.45, 2.75) is 6.42 Å². The van der Waals surface area contributed by atoms with Crippen molar-refractivity contribution in [2.24, 2.45) is 0 Å². The maximum atomic E-state index is 5.82. The number of hydrogen-bond donors (Lipinski definition) is 1. The molecule has 1 aliphatic heterocycles. The summed E-state index contributed by atoms with van der Waals surface area (Å²) >= 11 is 0. The highest BCUT2D eigenvalue weighted by Gasteiger charge is 2.16. The van der Waals surface area contributed by atoms with Crippen LogP contribution >= 0.6 is 0 Å². The highest BCUT2D eigenvalue weighted by Crippen LogP contribution is 2.17. The zero-order valence-corrected chi connectivity index (χ0v) is 14.4. The fraction of sp³-hybridized carbons (Fsp3) is 0.400. The van der Waals surface area contributed by atoms with Crippen LogP contribution in [0.4, 0.5) is 11.4 Å². The van der Waals surface area contributed by atoms with Gasteiger partial charge in [-0.3, -0.25) is 4.90 Å². The maximum Gasteiger partial charge on any atom is 0.119 e. The number of benzene rings is 2. The standard InChI is InChI=1S/C20H27N3O/c1-21-18-8-10-20(11-9-18)24-17-5-12-22-13-15-23(16-14-22)19-6-3-2-4-7-19/h2-4,6-11,21H,5,12-17H2,1H3. The molecule has 1 saturated heterocycles. The lowest BCUT2D eigenvalue weighted by Gasteiger charge is -2.36. The number of nitrogens with one attached hydrogen (secondary N) is 1. The predicted molar refractivity (Wildman–Crippen MR) is 101 cm³/mol. The monoisotopic (exact) mass is 325 g/mol. The van der Waals surface area contributed by atoms with Crippen LogP contribution in [0.25, 0.3) is 0 Å². The fourth-order valence-corrected chi connectivity index (χ4v) is 3.06. The normalized spacial score (nSPS) is 15.3. The van der Waals surface area contributed by atoms with Crippen LogP contribution in [0.15, 0.2) is 54.6 Å². The van der Waals surface area contributed by atoms with Gasteiger partial charge in [0.05, 0.1) is 6.61 Å². The van der Waals surface area contributed by atoms with Crippen molar-refractivity contribution < 1.29 is 4.74 Å². The molecule has 0 radical (unpaired) electrons. The van der Waals surface area contributed by atoms with Crippen LogP contribution in [0.2, 0.25) is 0 Å². The molecule has 1 aliphatic rings. The van der Waals surface area contributed by atoms with Gasteiger partial charge in [0.1, 0.15) is 5.75 Å². The number of para-hydroxylation sites is 1. The second-order valence-corrected chi connectivity index (χ2v) is 6.14. The molecule has 0 aliphatic carbocycles. The van der Waals surface area contributed by atoms with Crippen molar-refractivity contribution >= 4 is 11.4 Å². The van der Waals surface area contributed by atoms with Crippen LogP contribution in [0.1, 0.15) is 6.42 Å². The van der Waals surface area contributed by atoms with Gasteiger partial charge in [0.15, 0.2) is 0 Å². The fourth-order valence-electron chi connectivity index (χ4n) is 3.06. The van der Waals surface area contributed by atoms with Gasteiger partial charge >= 0.3 is 0 Å². The Kier molecular flexibility index (Phi) is 5.96. The average molecular weight is 325 g/mol. The summed E-state index contributed by atoms with van der Waals surface area (Å²) in [5.74, 6) is 0.947. The Hall–Kier alpha value is -2.20. The summed E-state index contributed by atoms with van der Waals surface area (Å²) in [5, 5.41) is 3.11. The first kappa shape index (κ1) is 16.7. The summed E-state index contributed by atoms with van der Waals surface area (Å²) in [4.78, 5) is 5.00. The van der Waals surface area contributed by atoms with E-state index in [-0.39, 0.29) is 0 Å². The molecule has 0 atom stereocenters. The molecule has 2 aromatic carbocycles. The van der Waals surface area contributed by atoms with Gasteiger partial charge in [-0.15, -0.1) is 0 Å². The zero-order chi connectivity index (χ0) is 16.6. The van der Waals surface area contributed by atoms with Crippen molar-refractivity contribution in [1.29, 1.82) is 0 Å². The van der Waals surface area contributed by atoms with Gasteiger partial charge in [0, 0.05) is 51.1 Å². The van der Waals surface area contributed by atoms with Gasteiger partial charge in [0.25, 0.3) is 0 Å². The lowest BCUT2D eigenvalue weighted by molar-refractivity contribution is 0.225. The molecular weight excluding hydrogens is 298 g/mol. The summed E-state index contributed by atoms with van der Waals surface area (Å²) in [6.07, 6.45) is 1.07. The Morgan fingerprint density at radius 2 is 1.62 bits per heavy atom. The Balaban J connectivity index is 1.33. The molecule has 2 aromatic rings. The third-order valence-corrected chi connectivity index (χ3v) is 4.52. The predicted octanol–water partition coefficient (Wildman–Crippen LogP) is 3.32. The van der Waals surface area contributed by atoms with Crippen molar-refractivity contribution in [3.63, 3.8) is 0 Å². The number of ether oxygens (including phenoxy) is 1. The molecular formula is C20H27N3O. The number of anilines is 2. The molecule has 1 N–H and O–H groups in total. The number of nitrogens with zero attached hydrogens (tertiary/aromatic N) is 2. The third kappa shape index (κ3) is 4.65. The Labute approximate surface area is 145 Å². The second-order valence-electron chi connectivity index (χ2n) is 6.14. The second kappa shape index (κ2) is 8.60. The number of piperazine rings is 1. The van der Waals surface area contributed by atoms with Crippen LogP contribution < -0.4 is 15.0 Å². The molecule has 1 heterocycles. The first-order chi connectivity index (χ1) is 11.8. The quantitative estimate of drug-likeness (QED) is 0.791. The molecule has 3 rings (SSSR count). The summed E-state index contributed by atoms with van der Waals surface area (Å²) in [5.41, 5.74) is 2.45. The summed E-state index contributed by atoms with van der Waals surface area (Å²) < 4.78 is 5.82. The molecule has 128 valence electrons. The van der Waals surface area contributed by atoms with Crippen LogP contribution in [-0.2, 0) is 0 Å². The Morgan fingerprint density at radius 1 is 0.917 bits per heavy atom. The van der Waals surface area contributed by atoms with E-state index in [4.69, 9.17) is 4.74 Å². The van der Waals surface area contributed by atoms with E-state index in [0.29, 0.717) is 0 Å². The lowest BCUT2D eigenvalue weighted by Crippen LogP contribution is -2.46. The maximum absolute atomic E-state index is 5.82. The molecule has 0 spiro atoms. The van der Waals surface area contributed by atoms with Gasteiger partial charge in [0.2, 0.25) is 0 Å². The van der Waals surface area contributed by atoms with Gasteiger partial charge in [-0.1, -0.05) is 18.2 Å². The minimum absolute atomic E-state index is 0.776. The van der Waals surface area contributed by atoms with Crippen LogP contribution in [0.5, 0.6) is 5.75 Å². The summed E-state index contributed by atoms with van der Waals surface area (Å²) in [6.45, 7) is 6.36. The summed E-state index contributed by atoms with van der Waals surface area (Å²) in [7, 11) is 1.92.